The first kappa shape index (κ1) is 17.7. The lowest BCUT2D eigenvalue weighted by atomic mass is 9.85. The van der Waals surface area contributed by atoms with Crippen LogP contribution in [0, 0.1) is 6.92 Å². The van der Waals surface area contributed by atoms with Gasteiger partial charge in [-0.05, 0) is 30.7 Å². The Labute approximate surface area is 159 Å². The monoisotopic (exact) mass is 379 g/mol. The van der Waals surface area contributed by atoms with Crippen molar-refractivity contribution in [3.05, 3.63) is 69.1 Å². The zero-order valence-corrected chi connectivity index (χ0v) is 15.2. The first-order valence-corrected chi connectivity index (χ1v) is 8.61. The third-order valence-corrected chi connectivity index (χ3v) is 4.72. The second-order valence-electron chi connectivity index (χ2n) is 6.46. The molecule has 3 aromatic rings. The zero-order valence-electron chi connectivity index (χ0n) is 15.2. The summed E-state index contributed by atoms with van der Waals surface area (Å²) in [5.41, 5.74) is 2.62. The molecule has 0 aliphatic carbocycles. The molecule has 1 amide bonds. The Morgan fingerprint density at radius 3 is 2.57 bits per heavy atom. The van der Waals surface area contributed by atoms with Crippen LogP contribution < -0.4 is 10.9 Å². The van der Waals surface area contributed by atoms with Crippen molar-refractivity contribution in [1.29, 1.82) is 0 Å². The van der Waals surface area contributed by atoms with E-state index in [0.29, 0.717) is 17.2 Å². The number of esters is 1. The molecule has 1 atom stereocenters. The second-order valence-corrected chi connectivity index (χ2v) is 6.46. The molecular weight excluding hydrogens is 362 g/mol. The molecule has 1 aliphatic heterocycles. The van der Waals surface area contributed by atoms with E-state index in [0.717, 1.165) is 16.8 Å². The molecule has 0 bridgehead atoms. The lowest BCUT2D eigenvalue weighted by Gasteiger charge is -2.24. The van der Waals surface area contributed by atoms with E-state index in [1.54, 1.807) is 12.1 Å². The summed E-state index contributed by atoms with van der Waals surface area (Å²) in [6.07, 6.45) is 0.260. The Bertz CT molecular complexity index is 1110. The molecule has 0 saturated carbocycles. The van der Waals surface area contributed by atoms with Crippen LogP contribution in [0.3, 0.4) is 0 Å². The smallest absolute Gasteiger partial charge is 0.337 e. The van der Waals surface area contributed by atoms with Crippen LogP contribution in [0.1, 0.15) is 39.5 Å². The highest BCUT2D eigenvalue weighted by Crippen LogP contribution is 2.39. The molecule has 4 rings (SSSR count). The minimum absolute atomic E-state index is 0.153. The molecule has 2 N–H and O–H groups in total. The third kappa shape index (κ3) is 2.96. The summed E-state index contributed by atoms with van der Waals surface area (Å²) < 4.78 is 6.23. The summed E-state index contributed by atoms with van der Waals surface area (Å²) in [6.45, 7) is 1.86. The quantitative estimate of drug-likeness (QED) is 0.666. The maximum absolute atomic E-state index is 12.4. The van der Waals surface area contributed by atoms with E-state index in [9.17, 15) is 14.4 Å². The summed E-state index contributed by atoms with van der Waals surface area (Å²) in [5.74, 6) is 0.134. The molecule has 142 valence electrons. The number of rotatable bonds is 3. The Morgan fingerprint density at radius 2 is 1.93 bits per heavy atom. The molecule has 0 saturated heterocycles. The van der Waals surface area contributed by atoms with E-state index in [2.05, 4.69) is 20.6 Å². The summed E-state index contributed by atoms with van der Waals surface area (Å²) in [6, 6.07) is 9.86. The average molecular weight is 379 g/mol. The van der Waals surface area contributed by atoms with Gasteiger partial charge in [0.1, 0.15) is 5.82 Å². The number of nitrogens with zero attached hydrogens (tertiary/aromatic N) is 3. The number of H-pyrrole nitrogens is 1. The van der Waals surface area contributed by atoms with Gasteiger partial charge in [0.2, 0.25) is 5.91 Å². The topological polar surface area (TPSA) is 119 Å². The standard InChI is InChI=1S/C19H17N5O4/c1-10-17-13(11-3-5-12(6-4-11)19(27)28-2)9-16(26)20-18(17)24(23-10)14-7-8-15(25)22-21-14/h3-8,13H,9H2,1-2H3,(H,20,26)(H,22,25)/t13-/m0/s1. The minimum Gasteiger partial charge on any atom is -0.465 e. The fourth-order valence-electron chi connectivity index (χ4n) is 3.42. The lowest BCUT2D eigenvalue weighted by Crippen LogP contribution is -2.25. The van der Waals surface area contributed by atoms with Crippen molar-refractivity contribution in [3.63, 3.8) is 0 Å². The van der Waals surface area contributed by atoms with Crippen molar-refractivity contribution < 1.29 is 14.3 Å². The largest absolute Gasteiger partial charge is 0.465 e. The number of aromatic amines is 1. The van der Waals surface area contributed by atoms with Gasteiger partial charge < -0.3 is 10.1 Å². The third-order valence-electron chi connectivity index (χ3n) is 4.72. The van der Waals surface area contributed by atoms with Gasteiger partial charge in [-0.15, -0.1) is 0 Å². The SMILES string of the molecule is COC(=O)c1ccc([C@@H]2CC(=O)Nc3c2c(C)nn3-c2ccc(=O)[nH]n2)cc1. The maximum Gasteiger partial charge on any atom is 0.337 e. The zero-order chi connectivity index (χ0) is 19.8. The minimum atomic E-state index is -0.415. The number of anilines is 1. The number of nitrogens with one attached hydrogen (secondary N) is 2. The fraction of sp³-hybridized carbons (Fsp3) is 0.211. The number of methoxy groups -OCH3 is 1. The van der Waals surface area contributed by atoms with Gasteiger partial charge in [0.25, 0.3) is 5.56 Å². The molecule has 0 unspecified atom stereocenters. The van der Waals surface area contributed by atoms with Crippen molar-refractivity contribution in [3.8, 4) is 5.82 Å². The van der Waals surface area contributed by atoms with E-state index in [-0.39, 0.29) is 23.8 Å². The predicted molar refractivity (Wildman–Crippen MR) is 99.6 cm³/mol. The number of fused-ring (bicyclic) bond motifs is 1. The fourth-order valence-corrected chi connectivity index (χ4v) is 3.42. The van der Waals surface area contributed by atoms with Crippen LogP contribution in [-0.2, 0) is 9.53 Å². The number of carbonyl (C=O) groups excluding carboxylic acids is 2. The van der Waals surface area contributed by atoms with Crippen LogP contribution in [0.5, 0.6) is 0 Å². The molecule has 0 radical (unpaired) electrons. The van der Waals surface area contributed by atoms with Crippen LogP contribution in [0.2, 0.25) is 0 Å². The number of benzene rings is 1. The first-order valence-electron chi connectivity index (χ1n) is 8.61. The van der Waals surface area contributed by atoms with Crippen molar-refractivity contribution >= 4 is 17.7 Å². The van der Waals surface area contributed by atoms with Crippen LogP contribution in [0.15, 0.2) is 41.2 Å². The number of carbonyl (C=O) groups is 2. The first-order chi connectivity index (χ1) is 13.5. The van der Waals surface area contributed by atoms with Crippen LogP contribution in [0.25, 0.3) is 5.82 Å². The highest BCUT2D eigenvalue weighted by molar-refractivity contribution is 5.95. The van der Waals surface area contributed by atoms with Crippen molar-refractivity contribution in [2.45, 2.75) is 19.3 Å². The maximum atomic E-state index is 12.4. The molecule has 3 heterocycles. The Hall–Kier alpha value is -3.75. The molecule has 2 aromatic heterocycles. The number of amides is 1. The second kappa shape index (κ2) is 6.76. The van der Waals surface area contributed by atoms with Crippen LogP contribution >= 0.6 is 0 Å². The number of ether oxygens (including phenoxy) is 1. The summed E-state index contributed by atoms with van der Waals surface area (Å²) in [4.78, 5) is 35.3. The van der Waals surface area contributed by atoms with Gasteiger partial charge in [-0.25, -0.2) is 9.89 Å². The highest BCUT2D eigenvalue weighted by atomic mass is 16.5. The predicted octanol–water partition coefficient (Wildman–Crippen LogP) is 1.52. The van der Waals surface area contributed by atoms with E-state index < -0.39 is 5.97 Å². The van der Waals surface area contributed by atoms with Crippen molar-refractivity contribution in [1.82, 2.24) is 20.0 Å². The normalized spacial score (nSPS) is 15.6. The molecule has 0 fully saturated rings. The number of hydrogen-bond donors (Lipinski definition) is 2. The Balaban J connectivity index is 1.79. The van der Waals surface area contributed by atoms with Gasteiger partial charge in [-0.3, -0.25) is 9.59 Å². The molecule has 0 spiro atoms. The summed E-state index contributed by atoms with van der Waals surface area (Å²) in [7, 11) is 1.33. The molecular formula is C19H17N5O4. The number of aromatic nitrogens is 4. The van der Waals surface area contributed by atoms with Gasteiger partial charge in [0, 0.05) is 24.0 Å². The number of aryl methyl sites for hydroxylation is 1. The van der Waals surface area contributed by atoms with E-state index in [1.165, 1.54) is 23.9 Å². The van der Waals surface area contributed by atoms with Gasteiger partial charge in [0.15, 0.2) is 5.82 Å². The lowest BCUT2D eigenvalue weighted by molar-refractivity contribution is -0.116. The van der Waals surface area contributed by atoms with Crippen LogP contribution in [0.4, 0.5) is 5.82 Å². The van der Waals surface area contributed by atoms with Crippen LogP contribution in [-0.4, -0.2) is 39.0 Å². The van der Waals surface area contributed by atoms with E-state index in [1.807, 2.05) is 19.1 Å². The van der Waals surface area contributed by atoms with E-state index >= 15 is 0 Å². The van der Waals surface area contributed by atoms with Gasteiger partial charge in [-0.2, -0.15) is 14.9 Å². The Morgan fingerprint density at radius 1 is 1.18 bits per heavy atom. The molecule has 28 heavy (non-hydrogen) atoms. The van der Waals surface area contributed by atoms with Crippen molar-refractivity contribution in [2.24, 2.45) is 0 Å². The van der Waals surface area contributed by atoms with Gasteiger partial charge in [-0.1, -0.05) is 12.1 Å². The molecule has 1 aromatic carbocycles. The van der Waals surface area contributed by atoms with Crippen molar-refractivity contribution in [2.75, 3.05) is 12.4 Å². The molecule has 1 aliphatic rings. The number of hydrogen-bond acceptors (Lipinski definition) is 6. The average Bonchev–Trinajstić information content (AvgIpc) is 3.03. The highest BCUT2D eigenvalue weighted by Gasteiger charge is 2.33. The summed E-state index contributed by atoms with van der Waals surface area (Å²) >= 11 is 0. The molecule has 9 heteroatoms. The summed E-state index contributed by atoms with van der Waals surface area (Å²) in [5, 5.41) is 13.7. The van der Waals surface area contributed by atoms with Gasteiger partial charge >= 0.3 is 5.97 Å². The van der Waals surface area contributed by atoms with E-state index in [4.69, 9.17) is 4.74 Å². The molecule has 9 nitrogen and oxygen atoms in total. The van der Waals surface area contributed by atoms with Gasteiger partial charge in [0.05, 0.1) is 18.4 Å². The Kier molecular flexibility index (Phi) is 4.26.